The second-order valence-corrected chi connectivity index (χ2v) is 3.61. The molecule has 0 atom stereocenters. The predicted molar refractivity (Wildman–Crippen MR) is 56.1 cm³/mol. The number of nitrogens with zero attached hydrogens (tertiary/aromatic N) is 3. The van der Waals surface area contributed by atoms with Gasteiger partial charge in [0.15, 0.2) is 5.16 Å². The lowest BCUT2D eigenvalue weighted by atomic mass is 10.2. The summed E-state index contributed by atoms with van der Waals surface area (Å²) in [5, 5.41) is 7.63. The first kappa shape index (κ1) is 9.21. The smallest absolute Gasteiger partial charge is 0.187 e. The molecule has 0 spiro atoms. The molecule has 0 aliphatic rings. The van der Waals surface area contributed by atoms with Crippen LogP contribution in [0.2, 0.25) is 0 Å². The van der Waals surface area contributed by atoms with Gasteiger partial charge in [0.1, 0.15) is 0 Å². The molecule has 0 amide bonds. The van der Waals surface area contributed by atoms with Crippen molar-refractivity contribution in [3.63, 3.8) is 0 Å². The molecule has 0 radical (unpaired) electrons. The fourth-order valence-electron chi connectivity index (χ4n) is 1.20. The molecular formula is C9H10N4S. The van der Waals surface area contributed by atoms with Gasteiger partial charge in [-0.2, -0.15) is 5.10 Å². The molecule has 0 saturated heterocycles. The summed E-state index contributed by atoms with van der Waals surface area (Å²) in [4.78, 5) is 8.51. The standard InChI is InChI=1S/C9H10N4S/c1-6-7(5-11-13-6)8-3-4-10-9(12-8)14-2/h3-5H,1-2H3,(H,11,13). The lowest BCUT2D eigenvalue weighted by molar-refractivity contribution is 0.975. The van der Waals surface area contributed by atoms with Crippen LogP contribution in [0, 0.1) is 6.92 Å². The van der Waals surface area contributed by atoms with Crippen LogP contribution in [0.4, 0.5) is 0 Å². The Kier molecular flexibility index (Phi) is 2.49. The highest BCUT2D eigenvalue weighted by atomic mass is 32.2. The summed E-state index contributed by atoms with van der Waals surface area (Å²) >= 11 is 1.53. The lowest BCUT2D eigenvalue weighted by Gasteiger charge is -1.99. The Labute approximate surface area is 86.2 Å². The van der Waals surface area contributed by atoms with E-state index in [1.807, 2.05) is 19.2 Å². The number of aryl methyl sites for hydroxylation is 1. The average molecular weight is 206 g/mol. The SMILES string of the molecule is CSc1nccc(-c2cn[nH]c2C)n1. The second kappa shape index (κ2) is 3.79. The van der Waals surface area contributed by atoms with Crippen LogP contribution < -0.4 is 0 Å². The molecule has 0 aliphatic carbocycles. The van der Waals surface area contributed by atoms with E-state index in [2.05, 4.69) is 20.2 Å². The highest BCUT2D eigenvalue weighted by Gasteiger charge is 2.05. The Hall–Kier alpha value is -1.36. The molecule has 1 N–H and O–H groups in total. The summed E-state index contributed by atoms with van der Waals surface area (Å²) in [6.07, 6.45) is 5.50. The molecule has 0 bridgehead atoms. The number of thioether (sulfide) groups is 1. The van der Waals surface area contributed by atoms with Crippen LogP contribution in [-0.4, -0.2) is 26.4 Å². The van der Waals surface area contributed by atoms with Crippen molar-refractivity contribution in [1.29, 1.82) is 0 Å². The lowest BCUT2D eigenvalue weighted by Crippen LogP contribution is -1.89. The fourth-order valence-corrected chi connectivity index (χ4v) is 1.55. The molecule has 0 saturated carbocycles. The maximum absolute atomic E-state index is 4.39. The van der Waals surface area contributed by atoms with Gasteiger partial charge in [0.25, 0.3) is 0 Å². The third-order valence-electron chi connectivity index (χ3n) is 1.92. The first-order valence-corrected chi connectivity index (χ1v) is 5.41. The summed E-state index contributed by atoms with van der Waals surface area (Å²) in [5.41, 5.74) is 2.97. The van der Waals surface area contributed by atoms with Gasteiger partial charge in [-0.3, -0.25) is 5.10 Å². The molecule has 14 heavy (non-hydrogen) atoms. The highest BCUT2D eigenvalue weighted by molar-refractivity contribution is 7.98. The summed E-state index contributed by atoms with van der Waals surface area (Å²) in [6, 6.07) is 1.89. The van der Waals surface area contributed by atoms with E-state index < -0.39 is 0 Å². The minimum atomic E-state index is 0.781. The Bertz CT molecular complexity index is 438. The molecular weight excluding hydrogens is 196 g/mol. The van der Waals surface area contributed by atoms with Gasteiger partial charge in [0, 0.05) is 17.5 Å². The Morgan fingerprint density at radius 1 is 1.43 bits per heavy atom. The van der Waals surface area contributed by atoms with Gasteiger partial charge in [0.2, 0.25) is 0 Å². The third-order valence-corrected chi connectivity index (χ3v) is 2.48. The second-order valence-electron chi connectivity index (χ2n) is 2.84. The van der Waals surface area contributed by atoms with Crippen LogP contribution in [0.15, 0.2) is 23.6 Å². The molecule has 2 heterocycles. The van der Waals surface area contributed by atoms with Crippen molar-refractivity contribution >= 4 is 11.8 Å². The molecule has 2 rings (SSSR count). The van der Waals surface area contributed by atoms with Crippen molar-refractivity contribution < 1.29 is 0 Å². The van der Waals surface area contributed by atoms with E-state index in [0.717, 1.165) is 22.1 Å². The van der Waals surface area contributed by atoms with E-state index in [9.17, 15) is 0 Å². The van der Waals surface area contributed by atoms with E-state index in [4.69, 9.17) is 0 Å². The van der Waals surface area contributed by atoms with E-state index >= 15 is 0 Å². The summed E-state index contributed by atoms with van der Waals surface area (Å²) in [6.45, 7) is 1.98. The summed E-state index contributed by atoms with van der Waals surface area (Å²) < 4.78 is 0. The molecule has 2 aromatic heterocycles. The number of aromatic nitrogens is 4. The zero-order valence-corrected chi connectivity index (χ0v) is 8.80. The Morgan fingerprint density at radius 2 is 2.29 bits per heavy atom. The van der Waals surface area contributed by atoms with E-state index in [1.54, 1.807) is 12.4 Å². The van der Waals surface area contributed by atoms with Crippen molar-refractivity contribution in [3.8, 4) is 11.3 Å². The quantitative estimate of drug-likeness (QED) is 0.602. The van der Waals surface area contributed by atoms with Crippen LogP contribution in [0.25, 0.3) is 11.3 Å². The van der Waals surface area contributed by atoms with Gasteiger partial charge in [-0.05, 0) is 19.2 Å². The van der Waals surface area contributed by atoms with Crippen LogP contribution in [0.1, 0.15) is 5.69 Å². The van der Waals surface area contributed by atoms with Crippen molar-refractivity contribution in [2.24, 2.45) is 0 Å². The van der Waals surface area contributed by atoms with Gasteiger partial charge in [0.05, 0.1) is 11.9 Å². The number of hydrogen-bond acceptors (Lipinski definition) is 4. The molecule has 2 aromatic rings. The summed E-state index contributed by atoms with van der Waals surface area (Å²) in [7, 11) is 0. The third kappa shape index (κ3) is 1.63. The maximum Gasteiger partial charge on any atom is 0.187 e. The van der Waals surface area contributed by atoms with Gasteiger partial charge in [-0.15, -0.1) is 0 Å². The molecule has 72 valence electrons. The zero-order valence-electron chi connectivity index (χ0n) is 7.98. The highest BCUT2D eigenvalue weighted by Crippen LogP contribution is 2.20. The topological polar surface area (TPSA) is 54.5 Å². The van der Waals surface area contributed by atoms with Gasteiger partial charge in [-0.1, -0.05) is 11.8 Å². The predicted octanol–water partition coefficient (Wildman–Crippen LogP) is 1.90. The minimum Gasteiger partial charge on any atom is -0.282 e. The summed E-state index contributed by atoms with van der Waals surface area (Å²) in [5.74, 6) is 0. The monoisotopic (exact) mass is 206 g/mol. The van der Waals surface area contributed by atoms with Crippen molar-refractivity contribution in [3.05, 3.63) is 24.2 Å². The van der Waals surface area contributed by atoms with Crippen molar-refractivity contribution in [1.82, 2.24) is 20.2 Å². The van der Waals surface area contributed by atoms with Crippen molar-refractivity contribution in [2.75, 3.05) is 6.26 Å². The minimum absolute atomic E-state index is 0.781. The molecule has 4 nitrogen and oxygen atoms in total. The normalized spacial score (nSPS) is 10.4. The van der Waals surface area contributed by atoms with E-state index in [0.29, 0.717) is 0 Å². The molecule has 0 aliphatic heterocycles. The maximum atomic E-state index is 4.39. The van der Waals surface area contributed by atoms with Crippen LogP contribution in [-0.2, 0) is 0 Å². The van der Waals surface area contributed by atoms with E-state index in [-0.39, 0.29) is 0 Å². The van der Waals surface area contributed by atoms with E-state index in [1.165, 1.54) is 11.8 Å². The number of aromatic amines is 1. The Morgan fingerprint density at radius 3 is 2.93 bits per heavy atom. The first-order chi connectivity index (χ1) is 6.81. The molecule has 0 aromatic carbocycles. The Balaban J connectivity index is 2.47. The fraction of sp³-hybridized carbons (Fsp3) is 0.222. The van der Waals surface area contributed by atoms with Crippen LogP contribution in [0.5, 0.6) is 0 Å². The average Bonchev–Trinajstić information content (AvgIpc) is 2.65. The molecule has 0 unspecified atom stereocenters. The first-order valence-electron chi connectivity index (χ1n) is 4.18. The number of nitrogens with one attached hydrogen (secondary N) is 1. The van der Waals surface area contributed by atoms with Gasteiger partial charge >= 0.3 is 0 Å². The van der Waals surface area contributed by atoms with Crippen LogP contribution in [0.3, 0.4) is 0 Å². The number of H-pyrrole nitrogens is 1. The van der Waals surface area contributed by atoms with Gasteiger partial charge in [-0.25, -0.2) is 9.97 Å². The zero-order chi connectivity index (χ0) is 9.97. The van der Waals surface area contributed by atoms with Gasteiger partial charge < -0.3 is 0 Å². The molecule has 5 heteroatoms. The number of hydrogen-bond donors (Lipinski definition) is 1. The number of rotatable bonds is 2. The largest absolute Gasteiger partial charge is 0.282 e. The molecule has 0 fully saturated rings. The van der Waals surface area contributed by atoms with Crippen LogP contribution >= 0.6 is 11.8 Å². The van der Waals surface area contributed by atoms with Crippen molar-refractivity contribution in [2.45, 2.75) is 12.1 Å².